The highest BCUT2D eigenvalue weighted by Gasteiger charge is 2.15. The van der Waals surface area contributed by atoms with Crippen LogP contribution in [-0.4, -0.2) is 54.0 Å². The van der Waals surface area contributed by atoms with Crippen molar-refractivity contribution in [2.75, 3.05) is 38.1 Å². The summed E-state index contributed by atoms with van der Waals surface area (Å²) >= 11 is 0. The van der Waals surface area contributed by atoms with Crippen LogP contribution in [0, 0.1) is 0 Å². The quantitative estimate of drug-likeness (QED) is 0.852. The van der Waals surface area contributed by atoms with Gasteiger partial charge in [0.25, 0.3) is 11.5 Å². The predicted octanol–water partition coefficient (Wildman–Crippen LogP) is 0.452. The van der Waals surface area contributed by atoms with Crippen LogP contribution in [-0.2, 0) is 6.54 Å². The largest absolute Gasteiger partial charge is 0.354 e. The van der Waals surface area contributed by atoms with Crippen molar-refractivity contribution in [1.82, 2.24) is 20.2 Å². The van der Waals surface area contributed by atoms with Gasteiger partial charge in [0, 0.05) is 45.1 Å². The summed E-state index contributed by atoms with van der Waals surface area (Å²) in [7, 11) is 2.12. The number of nitrogens with one attached hydrogen (secondary N) is 2. The average Bonchev–Trinajstić information content (AvgIpc) is 2.61. The number of H-pyrrole nitrogens is 1. The van der Waals surface area contributed by atoms with E-state index in [0.717, 1.165) is 37.6 Å². The Kier molecular flexibility index (Phi) is 4.90. The first kappa shape index (κ1) is 16.2. The highest BCUT2D eigenvalue weighted by Crippen LogP contribution is 2.13. The number of hydrogen-bond donors (Lipinski definition) is 2. The Labute approximate surface area is 140 Å². The van der Waals surface area contributed by atoms with Crippen LogP contribution in [0.3, 0.4) is 0 Å². The number of nitrogens with zero attached hydrogens (tertiary/aromatic N) is 3. The van der Waals surface area contributed by atoms with Gasteiger partial charge in [0.05, 0.1) is 0 Å². The highest BCUT2D eigenvalue weighted by molar-refractivity contribution is 5.93. The van der Waals surface area contributed by atoms with Gasteiger partial charge in [-0.05, 0) is 30.8 Å². The van der Waals surface area contributed by atoms with Gasteiger partial charge in [0.2, 0.25) is 0 Å². The third-order valence-corrected chi connectivity index (χ3v) is 4.15. The molecule has 0 unspecified atom stereocenters. The lowest BCUT2D eigenvalue weighted by Gasteiger charge is -2.33. The molecule has 1 aliphatic rings. The van der Waals surface area contributed by atoms with Crippen molar-refractivity contribution in [1.29, 1.82) is 0 Å². The fourth-order valence-electron chi connectivity index (χ4n) is 2.62. The van der Waals surface area contributed by atoms with Gasteiger partial charge in [0.1, 0.15) is 11.4 Å². The van der Waals surface area contributed by atoms with E-state index < -0.39 is 5.56 Å². The van der Waals surface area contributed by atoms with Crippen molar-refractivity contribution >= 4 is 11.7 Å². The molecule has 7 nitrogen and oxygen atoms in total. The summed E-state index contributed by atoms with van der Waals surface area (Å²) in [5.74, 6) is 0.567. The smallest absolute Gasteiger partial charge is 0.260 e. The molecule has 0 bridgehead atoms. The second-order valence-corrected chi connectivity index (χ2v) is 5.91. The summed E-state index contributed by atoms with van der Waals surface area (Å²) in [5.41, 5.74) is 0.617. The summed E-state index contributed by atoms with van der Waals surface area (Å²) in [6, 6.07) is 7.06. The Balaban J connectivity index is 1.58. The second kappa shape index (κ2) is 7.27. The molecule has 24 heavy (non-hydrogen) atoms. The van der Waals surface area contributed by atoms with Crippen molar-refractivity contribution in [2.24, 2.45) is 0 Å². The molecule has 1 fully saturated rings. The lowest BCUT2D eigenvalue weighted by atomic mass is 10.2. The minimum absolute atomic E-state index is 0.111. The number of aromatic nitrogens is 2. The molecular weight excluding hydrogens is 306 g/mol. The maximum atomic E-state index is 12.0. The van der Waals surface area contributed by atoms with Crippen LogP contribution in [0.1, 0.15) is 15.9 Å². The number of aromatic amines is 1. The predicted molar refractivity (Wildman–Crippen MR) is 92.2 cm³/mol. The summed E-state index contributed by atoms with van der Waals surface area (Å²) in [5, 5.41) is 2.74. The van der Waals surface area contributed by atoms with Gasteiger partial charge in [-0.15, -0.1) is 0 Å². The normalized spacial score (nSPS) is 15.3. The zero-order valence-corrected chi connectivity index (χ0v) is 13.7. The molecule has 0 aromatic carbocycles. The minimum Gasteiger partial charge on any atom is -0.354 e. The first-order valence-electron chi connectivity index (χ1n) is 7.98. The third kappa shape index (κ3) is 3.80. The van der Waals surface area contributed by atoms with E-state index in [1.54, 1.807) is 12.3 Å². The summed E-state index contributed by atoms with van der Waals surface area (Å²) < 4.78 is 0. The highest BCUT2D eigenvalue weighted by atomic mass is 16.2. The van der Waals surface area contributed by atoms with Gasteiger partial charge in [-0.1, -0.05) is 6.07 Å². The summed E-state index contributed by atoms with van der Waals surface area (Å²) in [6.07, 6.45) is 3.27. The molecule has 3 rings (SSSR count). The van der Waals surface area contributed by atoms with Crippen molar-refractivity contribution < 1.29 is 4.79 Å². The van der Waals surface area contributed by atoms with E-state index >= 15 is 0 Å². The third-order valence-electron chi connectivity index (χ3n) is 4.15. The van der Waals surface area contributed by atoms with Crippen LogP contribution < -0.4 is 15.8 Å². The number of anilines is 1. The van der Waals surface area contributed by atoms with Crippen LogP contribution >= 0.6 is 0 Å². The molecule has 2 aromatic rings. The lowest BCUT2D eigenvalue weighted by Crippen LogP contribution is -2.44. The van der Waals surface area contributed by atoms with Gasteiger partial charge in [0.15, 0.2) is 0 Å². The van der Waals surface area contributed by atoms with E-state index in [1.165, 1.54) is 12.3 Å². The standard InChI is InChI=1S/C17H21N5O2/c1-21-7-9-22(10-8-21)15-5-4-13(11-19-15)12-20-17(24)14-3-2-6-18-16(14)23/h2-6,11H,7-10,12H2,1H3,(H,18,23)(H,20,24). The fourth-order valence-corrected chi connectivity index (χ4v) is 2.62. The molecule has 0 aliphatic carbocycles. The number of hydrogen-bond acceptors (Lipinski definition) is 5. The number of pyridine rings is 2. The van der Waals surface area contributed by atoms with E-state index in [1.807, 2.05) is 12.1 Å². The Bertz CT molecular complexity index is 748. The second-order valence-electron chi connectivity index (χ2n) is 5.91. The van der Waals surface area contributed by atoms with Gasteiger partial charge < -0.3 is 20.1 Å². The molecule has 0 spiro atoms. The molecule has 1 aliphatic heterocycles. The van der Waals surface area contributed by atoms with Crippen LogP contribution in [0.2, 0.25) is 0 Å². The van der Waals surface area contributed by atoms with Crippen LogP contribution in [0.15, 0.2) is 41.5 Å². The van der Waals surface area contributed by atoms with E-state index in [0.29, 0.717) is 6.54 Å². The Morgan fingerprint density at radius 2 is 2.04 bits per heavy atom. The van der Waals surface area contributed by atoms with Crippen LogP contribution in [0.5, 0.6) is 0 Å². The van der Waals surface area contributed by atoms with Gasteiger partial charge in [-0.3, -0.25) is 9.59 Å². The number of amides is 1. The molecule has 2 aromatic heterocycles. The summed E-state index contributed by atoms with van der Waals surface area (Å²) in [6.45, 7) is 4.34. The molecule has 2 N–H and O–H groups in total. The fraction of sp³-hybridized carbons (Fsp3) is 0.353. The Morgan fingerprint density at radius 1 is 1.25 bits per heavy atom. The first-order valence-corrected chi connectivity index (χ1v) is 7.98. The molecule has 0 saturated carbocycles. The molecule has 1 saturated heterocycles. The van der Waals surface area contributed by atoms with Crippen LogP contribution in [0.4, 0.5) is 5.82 Å². The number of likely N-dealkylation sites (N-methyl/N-ethyl adjacent to an activating group) is 1. The van der Waals surface area contributed by atoms with Crippen molar-refractivity contribution in [3.63, 3.8) is 0 Å². The SMILES string of the molecule is CN1CCN(c2ccc(CNC(=O)c3ccc[nH]c3=O)cn2)CC1. The van der Waals surface area contributed by atoms with Crippen molar-refractivity contribution in [3.05, 3.63) is 58.1 Å². The van der Waals surface area contributed by atoms with Crippen LogP contribution in [0.25, 0.3) is 0 Å². The Morgan fingerprint density at radius 3 is 2.71 bits per heavy atom. The molecule has 1 amide bonds. The van der Waals surface area contributed by atoms with Gasteiger partial charge >= 0.3 is 0 Å². The topological polar surface area (TPSA) is 81.3 Å². The first-order chi connectivity index (χ1) is 11.6. The number of rotatable bonds is 4. The molecule has 0 atom stereocenters. The zero-order chi connectivity index (χ0) is 16.9. The Hall–Kier alpha value is -2.67. The van der Waals surface area contributed by atoms with Gasteiger partial charge in [-0.25, -0.2) is 4.98 Å². The van der Waals surface area contributed by atoms with Crippen molar-refractivity contribution in [2.45, 2.75) is 6.54 Å². The molecule has 126 valence electrons. The number of carbonyl (C=O) groups excluding carboxylic acids is 1. The lowest BCUT2D eigenvalue weighted by molar-refractivity contribution is 0.0949. The number of carbonyl (C=O) groups is 1. The molecule has 7 heteroatoms. The maximum Gasteiger partial charge on any atom is 0.260 e. The average molecular weight is 327 g/mol. The van der Waals surface area contributed by atoms with Crippen molar-refractivity contribution in [3.8, 4) is 0 Å². The monoisotopic (exact) mass is 327 g/mol. The summed E-state index contributed by atoms with van der Waals surface area (Å²) in [4.78, 5) is 35.1. The molecular formula is C17H21N5O2. The number of piperazine rings is 1. The van der Waals surface area contributed by atoms with Gasteiger partial charge in [-0.2, -0.15) is 0 Å². The minimum atomic E-state index is -0.390. The van der Waals surface area contributed by atoms with E-state index in [-0.39, 0.29) is 11.5 Å². The van der Waals surface area contributed by atoms with E-state index in [9.17, 15) is 9.59 Å². The molecule has 0 radical (unpaired) electrons. The maximum absolute atomic E-state index is 12.0. The zero-order valence-electron chi connectivity index (χ0n) is 13.7. The van der Waals surface area contributed by atoms with E-state index in [2.05, 4.69) is 32.1 Å². The van der Waals surface area contributed by atoms with E-state index in [4.69, 9.17) is 0 Å². The molecule has 3 heterocycles.